The lowest BCUT2D eigenvalue weighted by molar-refractivity contribution is -0.140. The summed E-state index contributed by atoms with van der Waals surface area (Å²) in [6.07, 6.45) is -4.56. The predicted octanol–water partition coefficient (Wildman–Crippen LogP) is 5.01. The third-order valence-corrected chi connectivity index (χ3v) is 6.81. The first-order valence-corrected chi connectivity index (χ1v) is 10.8. The molecule has 1 aliphatic rings. The van der Waals surface area contributed by atoms with Crippen molar-refractivity contribution in [2.45, 2.75) is 13.1 Å². The van der Waals surface area contributed by atoms with Crippen molar-refractivity contribution in [2.75, 3.05) is 26.2 Å². The molecular weight excluding hydrogens is 470 g/mol. The van der Waals surface area contributed by atoms with Gasteiger partial charge in [-0.3, -0.25) is 9.59 Å². The van der Waals surface area contributed by atoms with Gasteiger partial charge in [0, 0.05) is 31.6 Å². The molecule has 168 valence electrons. The number of fused-ring (bicyclic) bond motifs is 1. The van der Waals surface area contributed by atoms with E-state index >= 15 is 0 Å². The molecule has 1 fully saturated rings. The van der Waals surface area contributed by atoms with Crippen LogP contribution in [0.5, 0.6) is 0 Å². The van der Waals surface area contributed by atoms with Crippen LogP contribution in [0.1, 0.15) is 31.3 Å². The number of rotatable bonds is 2. The normalized spacial score (nSPS) is 14.8. The second kappa shape index (κ2) is 8.32. The molecule has 0 unspecified atom stereocenters. The van der Waals surface area contributed by atoms with Gasteiger partial charge in [0.2, 0.25) is 0 Å². The van der Waals surface area contributed by atoms with E-state index in [9.17, 15) is 27.2 Å². The summed E-state index contributed by atoms with van der Waals surface area (Å²) in [4.78, 5) is 32.9. The number of nitrogens with zero attached hydrogens (tertiary/aromatic N) is 3. The Kier molecular flexibility index (Phi) is 5.85. The van der Waals surface area contributed by atoms with Crippen molar-refractivity contribution in [3.63, 3.8) is 0 Å². The number of benzene rings is 1. The molecule has 1 aliphatic heterocycles. The Bertz CT molecular complexity index is 1220. The molecule has 32 heavy (non-hydrogen) atoms. The Balaban J connectivity index is 1.49. The fourth-order valence-corrected chi connectivity index (χ4v) is 4.95. The number of alkyl halides is 3. The molecule has 0 atom stereocenters. The molecular formula is C21H16ClF4N3O2S. The highest BCUT2D eigenvalue weighted by Gasteiger charge is 2.34. The Morgan fingerprint density at radius 1 is 1.03 bits per heavy atom. The maximum Gasteiger partial charge on any atom is 0.433 e. The van der Waals surface area contributed by atoms with E-state index in [0.717, 1.165) is 29.5 Å². The summed E-state index contributed by atoms with van der Waals surface area (Å²) in [5.41, 5.74) is -0.246. The highest BCUT2D eigenvalue weighted by atomic mass is 35.5. The topological polar surface area (TPSA) is 53.5 Å². The first-order valence-electron chi connectivity index (χ1n) is 9.57. The largest absolute Gasteiger partial charge is 0.433 e. The number of thiophene rings is 1. The van der Waals surface area contributed by atoms with Crippen molar-refractivity contribution in [1.82, 2.24) is 14.8 Å². The number of hydrogen-bond acceptors (Lipinski definition) is 4. The molecule has 1 saturated heterocycles. The number of pyridine rings is 1. The number of carbonyl (C=O) groups is 2. The average Bonchev–Trinajstić information content (AvgIpc) is 3.08. The molecule has 0 N–H and O–H groups in total. The number of aryl methyl sites for hydroxylation is 1. The summed E-state index contributed by atoms with van der Waals surface area (Å²) in [5.74, 6) is -1.22. The van der Waals surface area contributed by atoms with E-state index < -0.39 is 17.7 Å². The van der Waals surface area contributed by atoms with Crippen LogP contribution in [0, 0.1) is 12.7 Å². The average molecular weight is 486 g/mol. The van der Waals surface area contributed by atoms with Gasteiger partial charge in [0.05, 0.1) is 15.5 Å². The van der Waals surface area contributed by atoms with Gasteiger partial charge < -0.3 is 9.80 Å². The molecule has 1 aromatic carbocycles. The molecule has 2 aromatic heterocycles. The Labute approximate surface area is 189 Å². The molecule has 4 rings (SSSR count). The van der Waals surface area contributed by atoms with E-state index in [0.29, 0.717) is 15.8 Å². The second-order valence-electron chi connectivity index (χ2n) is 7.31. The molecule has 0 radical (unpaired) electrons. The zero-order chi connectivity index (χ0) is 23.2. The molecule has 0 bridgehead atoms. The Hall–Kier alpha value is -2.72. The summed E-state index contributed by atoms with van der Waals surface area (Å²) < 4.78 is 52.1. The van der Waals surface area contributed by atoms with Crippen molar-refractivity contribution >= 4 is 45.0 Å². The van der Waals surface area contributed by atoms with E-state index in [1.165, 1.54) is 17.0 Å². The van der Waals surface area contributed by atoms with Crippen LogP contribution in [0.25, 0.3) is 10.2 Å². The number of amides is 2. The van der Waals surface area contributed by atoms with Crippen LogP contribution in [0.15, 0.2) is 30.3 Å². The van der Waals surface area contributed by atoms with Gasteiger partial charge in [0.1, 0.15) is 16.3 Å². The van der Waals surface area contributed by atoms with Gasteiger partial charge in [-0.15, -0.1) is 11.3 Å². The van der Waals surface area contributed by atoms with Gasteiger partial charge in [0.25, 0.3) is 11.8 Å². The lowest BCUT2D eigenvalue weighted by atomic mass is 10.1. The number of aromatic nitrogens is 1. The summed E-state index contributed by atoms with van der Waals surface area (Å²) in [6, 6.07) is 5.77. The quantitative estimate of drug-likeness (QED) is 0.479. The van der Waals surface area contributed by atoms with Crippen molar-refractivity contribution in [3.8, 4) is 0 Å². The molecule has 11 heteroatoms. The minimum Gasteiger partial charge on any atom is -0.335 e. The molecule has 3 aromatic rings. The number of piperazine rings is 1. The zero-order valence-electron chi connectivity index (χ0n) is 16.7. The van der Waals surface area contributed by atoms with E-state index in [4.69, 9.17) is 11.6 Å². The van der Waals surface area contributed by atoms with Crippen LogP contribution in [0.2, 0.25) is 5.02 Å². The van der Waals surface area contributed by atoms with Crippen molar-refractivity contribution in [1.29, 1.82) is 0 Å². The van der Waals surface area contributed by atoms with Crippen molar-refractivity contribution in [3.05, 3.63) is 62.9 Å². The summed E-state index contributed by atoms with van der Waals surface area (Å²) in [5, 5.41) is 0.520. The van der Waals surface area contributed by atoms with Crippen LogP contribution < -0.4 is 0 Å². The Morgan fingerprint density at radius 2 is 1.66 bits per heavy atom. The first kappa shape index (κ1) is 22.5. The van der Waals surface area contributed by atoms with E-state index in [1.54, 1.807) is 11.8 Å². The number of carbonyl (C=O) groups excluding carboxylic acids is 2. The summed E-state index contributed by atoms with van der Waals surface area (Å²) in [6.45, 7) is 2.67. The van der Waals surface area contributed by atoms with Crippen molar-refractivity contribution in [2.24, 2.45) is 0 Å². The molecule has 0 aliphatic carbocycles. The van der Waals surface area contributed by atoms with Gasteiger partial charge in [-0.2, -0.15) is 13.2 Å². The minimum absolute atomic E-state index is 0.0140. The summed E-state index contributed by atoms with van der Waals surface area (Å²) in [7, 11) is 0. The predicted molar refractivity (Wildman–Crippen MR) is 113 cm³/mol. The van der Waals surface area contributed by atoms with E-state index in [1.807, 2.05) is 0 Å². The molecule has 0 saturated carbocycles. The Morgan fingerprint density at radius 3 is 2.25 bits per heavy atom. The van der Waals surface area contributed by atoms with Gasteiger partial charge in [-0.05, 0) is 42.8 Å². The van der Waals surface area contributed by atoms with Crippen LogP contribution >= 0.6 is 22.9 Å². The molecule has 5 nitrogen and oxygen atoms in total. The minimum atomic E-state index is -4.56. The smallest absolute Gasteiger partial charge is 0.335 e. The monoisotopic (exact) mass is 485 g/mol. The number of hydrogen-bond donors (Lipinski definition) is 0. The standard InChI is InChI=1S/C21H16ClF4N3O2S/c1-11-13-4-5-16(21(24,25)26)27-18(13)32-17(11)20(31)29-8-6-28(7-9-29)19(30)14-3-2-12(23)10-15(14)22/h2-5,10H,6-9H2,1H3. The second-order valence-corrected chi connectivity index (χ2v) is 8.72. The van der Waals surface area contributed by atoms with Gasteiger partial charge >= 0.3 is 6.18 Å². The van der Waals surface area contributed by atoms with E-state index in [-0.39, 0.29) is 53.4 Å². The highest BCUT2D eigenvalue weighted by Crippen LogP contribution is 2.35. The lowest BCUT2D eigenvalue weighted by Crippen LogP contribution is -2.50. The maximum absolute atomic E-state index is 13.2. The fourth-order valence-electron chi connectivity index (χ4n) is 3.55. The van der Waals surface area contributed by atoms with Gasteiger partial charge in [-0.25, -0.2) is 9.37 Å². The highest BCUT2D eigenvalue weighted by molar-refractivity contribution is 7.20. The summed E-state index contributed by atoms with van der Waals surface area (Å²) >= 11 is 6.90. The first-order chi connectivity index (χ1) is 15.1. The SMILES string of the molecule is Cc1c(C(=O)N2CCN(C(=O)c3ccc(F)cc3Cl)CC2)sc2nc(C(F)(F)F)ccc12. The van der Waals surface area contributed by atoms with Crippen LogP contribution in [-0.2, 0) is 6.18 Å². The van der Waals surface area contributed by atoms with Gasteiger partial charge in [0.15, 0.2) is 0 Å². The molecule has 0 spiro atoms. The molecule has 2 amide bonds. The molecule has 3 heterocycles. The fraction of sp³-hybridized carbons (Fsp3) is 0.286. The maximum atomic E-state index is 13.2. The van der Waals surface area contributed by atoms with Crippen LogP contribution in [0.4, 0.5) is 17.6 Å². The van der Waals surface area contributed by atoms with Crippen molar-refractivity contribution < 1.29 is 27.2 Å². The third kappa shape index (κ3) is 4.16. The van der Waals surface area contributed by atoms with E-state index in [2.05, 4.69) is 4.98 Å². The zero-order valence-corrected chi connectivity index (χ0v) is 18.2. The van der Waals surface area contributed by atoms with Crippen LogP contribution in [0.3, 0.4) is 0 Å². The van der Waals surface area contributed by atoms with Gasteiger partial charge in [-0.1, -0.05) is 11.6 Å². The number of halogens is 5. The third-order valence-electron chi connectivity index (χ3n) is 5.30. The van der Waals surface area contributed by atoms with Crippen LogP contribution in [-0.4, -0.2) is 52.8 Å². The lowest BCUT2D eigenvalue weighted by Gasteiger charge is -2.34.